The second-order valence-electron chi connectivity index (χ2n) is 0. The fourth-order valence-electron chi connectivity index (χ4n) is 0. The molecule has 0 unspecified atom stereocenters. The third-order valence-electron chi connectivity index (χ3n) is 0. The van der Waals surface area contributed by atoms with Crippen molar-refractivity contribution in [1.82, 2.24) is 0 Å². The molecule has 0 rings (SSSR count). The fraction of sp³-hybridized carbons (Fsp3) is 0. The molecule has 8 heteroatoms. The Hall–Kier alpha value is 0.736. The Morgan fingerprint density at radius 3 is 0.500 bits per heavy atom. The van der Waals surface area contributed by atoms with Crippen LogP contribution in [0.3, 0.4) is 0 Å². The van der Waals surface area contributed by atoms with Gasteiger partial charge in [-0.2, -0.15) is 0 Å². The summed E-state index contributed by atoms with van der Waals surface area (Å²) < 4.78 is 0. The molecule has 0 amide bonds. The first-order valence-corrected chi connectivity index (χ1v) is 0. The minimum absolute atomic E-state index is 0. The summed E-state index contributed by atoms with van der Waals surface area (Å²) in [6.07, 6.45) is 0. The van der Waals surface area contributed by atoms with Crippen molar-refractivity contribution in [2.45, 2.75) is 0 Å². The van der Waals surface area contributed by atoms with Crippen LogP contribution >= 0.6 is 0 Å². The first kappa shape index (κ1) is 965. The maximum Gasteiger partial charge on any atom is 1.00 e. The van der Waals surface area contributed by atoms with E-state index in [-0.39, 0.29) is 65.0 Å². The van der Waals surface area contributed by atoms with Crippen LogP contribution in [0.15, 0.2) is 0 Å². The quantitative estimate of drug-likeness (QED) is 0.274. The van der Waals surface area contributed by atoms with Gasteiger partial charge in [0.15, 0.2) is 0 Å². The third kappa shape index (κ3) is 409. The SMILES string of the molecule is F.F.F.F.F.[AsH8+5].[F-].[Li+]. The summed E-state index contributed by atoms with van der Waals surface area (Å²) in [5.41, 5.74) is 0. The van der Waals surface area contributed by atoms with E-state index in [0.29, 0.717) is 0 Å². The van der Waals surface area contributed by atoms with Crippen molar-refractivity contribution in [2.24, 2.45) is 0 Å². The minimum Gasteiger partial charge on any atom is -1.00 e. The summed E-state index contributed by atoms with van der Waals surface area (Å²) in [5.74, 6) is 0. The predicted molar refractivity (Wildman–Crippen MR) is 29.4 cm³/mol. The Morgan fingerprint density at radius 1 is 0.500 bits per heavy atom. The van der Waals surface area contributed by atoms with E-state index in [0.717, 1.165) is 0 Å². The van der Waals surface area contributed by atoms with Crippen LogP contribution in [-0.4, -0.2) is 18.0 Å². The van der Waals surface area contributed by atoms with Crippen LogP contribution in [0, 0.1) is 0 Å². The maximum absolute atomic E-state index is 0. The second-order valence-corrected chi connectivity index (χ2v) is 0. The monoisotopic (exact) mass is 209 g/mol. The van der Waals surface area contributed by atoms with Gasteiger partial charge < -0.3 is 4.70 Å². The van der Waals surface area contributed by atoms with E-state index in [1.54, 1.807) is 0 Å². The van der Waals surface area contributed by atoms with Crippen LogP contribution in [-0.2, 0) is 0 Å². The molecule has 56 valence electrons. The zero-order valence-electron chi connectivity index (χ0n) is 3.42. The van der Waals surface area contributed by atoms with Gasteiger partial charge in [-0.3, -0.25) is 23.5 Å². The Bertz CT molecular complexity index is 8.49. The first-order valence-electron chi connectivity index (χ1n) is 0. The molecule has 0 heterocycles. The van der Waals surface area contributed by atoms with E-state index in [1.807, 2.05) is 0 Å². The van der Waals surface area contributed by atoms with Gasteiger partial charge >= 0.3 is 36.8 Å². The normalized spacial score (nSPS) is 0. The molecule has 0 aromatic carbocycles. The molecule has 0 atom stereocenters. The van der Waals surface area contributed by atoms with Crippen molar-refractivity contribution in [1.29, 1.82) is 0 Å². The van der Waals surface area contributed by atoms with Gasteiger partial charge in [-0.05, 0) is 0 Å². The van der Waals surface area contributed by atoms with Crippen molar-refractivity contribution in [3.63, 3.8) is 0 Å². The van der Waals surface area contributed by atoms with Crippen LogP contribution < -0.4 is 23.6 Å². The van der Waals surface area contributed by atoms with E-state index >= 15 is 0 Å². The van der Waals surface area contributed by atoms with Gasteiger partial charge in [0.1, 0.15) is 0 Å². The molecule has 0 saturated heterocycles. The minimum atomic E-state index is 0. The Labute approximate surface area is 65.5 Å². The van der Waals surface area contributed by atoms with E-state index in [4.69, 9.17) is 0 Å². The number of hydrogen-bond donors (Lipinski definition) is 0. The average molecular weight is 209 g/mol. The van der Waals surface area contributed by atoms with Gasteiger partial charge in [-0.25, -0.2) is 0 Å². The molecule has 0 nitrogen and oxygen atoms in total. The van der Waals surface area contributed by atoms with Crippen molar-refractivity contribution < 1.29 is 47.1 Å². The summed E-state index contributed by atoms with van der Waals surface area (Å²) in [7, 11) is 0. The molecular formula is H13AsF6Li+5. The first-order chi connectivity index (χ1) is 0. The van der Waals surface area contributed by atoms with Crippen molar-refractivity contribution in [3.8, 4) is 0 Å². The molecule has 0 fully saturated rings. The maximum atomic E-state index is 0. The summed E-state index contributed by atoms with van der Waals surface area (Å²) in [6, 6.07) is 0. The van der Waals surface area contributed by atoms with E-state index in [2.05, 4.69) is 0 Å². The van der Waals surface area contributed by atoms with Gasteiger partial charge in [0.25, 0.3) is 0 Å². The molecular weight excluding hydrogens is 196 g/mol. The second kappa shape index (κ2) is 648. The van der Waals surface area contributed by atoms with Crippen LogP contribution in [0.2, 0.25) is 0 Å². The van der Waals surface area contributed by atoms with Crippen molar-refractivity contribution >= 4 is 18.0 Å². The van der Waals surface area contributed by atoms with Crippen LogP contribution in [0.1, 0.15) is 0 Å². The molecule has 0 radical (unpaired) electrons. The van der Waals surface area contributed by atoms with Crippen LogP contribution in [0.25, 0.3) is 0 Å². The fourth-order valence-corrected chi connectivity index (χ4v) is 0. The molecule has 0 bridgehead atoms. The molecule has 0 aliphatic rings. The molecule has 0 aromatic heterocycles. The largest absolute Gasteiger partial charge is 1.00 e. The zero-order chi connectivity index (χ0) is 0. The Morgan fingerprint density at radius 2 is 0.500 bits per heavy atom. The summed E-state index contributed by atoms with van der Waals surface area (Å²) >= 11 is 0. The molecule has 0 aliphatic carbocycles. The topological polar surface area (TPSA) is 0 Å². The summed E-state index contributed by atoms with van der Waals surface area (Å²) in [4.78, 5) is 0. The number of hydrogen-bond acceptors (Lipinski definition) is 0. The smallest absolute Gasteiger partial charge is 1.00 e. The van der Waals surface area contributed by atoms with E-state index < -0.39 is 0 Å². The van der Waals surface area contributed by atoms with Gasteiger partial charge in [0.05, 0.1) is 0 Å². The van der Waals surface area contributed by atoms with Gasteiger partial charge in [-0.1, -0.05) is 0 Å². The third-order valence-corrected chi connectivity index (χ3v) is 0. The predicted octanol–water partition coefficient (Wildman–Crippen LogP) is -7.75. The van der Waals surface area contributed by atoms with Crippen molar-refractivity contribution in [3.05, 3.63) is 0 Å². The van der Waals surface area contributed by atoms with Gasteiger partial charge in [-0.15, -0.1) is 0 Å². The molecule has 0 spiro atoms. The molecule has 0 saturated carbocycles. The van der Waals surface area contributed by atoms with Gasteiger partial charge in [0, 0.05) is 0 Å². The number of halogens is 6. The molecule has 8 heavy (non-hydrogen) atoms. The van der Waals surface area contributed by atoms with Gasteiger partial charge in [0.2, 0.25) is 0 Å². The van der Waals surface area contributed by atoms with Crippen molar-refractivity contribution in [2.75, 3.05) is 0 Å². The molecule has 0 aliphatic heterocycles. The molecule has 0 aromatic rings. The molecule has 0 N–H and O–H groups in total. The Balaban J connectivity index is 0. The van der Waals surface area contributed by atoms with E-state index in [1.165, 1.54) is 0 Å². The number of rotatable bonds is 0. The summed E-state index contributed by atoms with van der Waals surface area (Å²) in [5, 5.41) is 0. The van der Waals surface area contributed by atoms with E-state index in [9.17, 15) is 0 Å². The average Bonchev–Trinajstić information content (AvgIpc) is 0. The Kier molecular flexibility index (Phi) is 78200. The standard InChI is InChI=1S/AsH8.6FH.Li/h1H8;6*1H;/q+5;;;;;;;+1/p-1. The van der Waals surface area contributed by atoms with Crippen LogP contribution in [0.5, 0.6) is 0 Å². The summed E-state index contributed by atoms with van der Waals surface area (Å²) in [6.45, 7) is 0. The van der Waals surface area contributed by atoms with Crippen LogP contribution in [0.4, 0.5) is 23.5 Å². The zero-order valence-corrected chi connectivity index (χ0v) is 3.42.